The Bertz CT molecular complexity index is 255. The third kappa shape index (κ3) is 7.16. The van der Waals surface area contributed by atoms with Crippen molar-refractivity contribution in [2.24, 2.45) is 0 Å². The van der Waals surface area contributed by atoms with Crippen LogP contribution in [0.1, 0.15) is 33.1 Å². The van der Waals surface area contributed by atoms with Crippen LogP contribution >= 0.6 is 0 Å². The van der Waals surface area contributed by atoms with Crippen molar-refractivity contribution in [3.8, 4) is 0 Å². The molecule has 0 aliphatic heterocycles. The third-order valence-electron chi connectivity index (χ3n) is 2.30. The predicted molar refractivity (Wildman–Crippen MR) is 67.6 cm³/mol. The van der Waals surface area contributed by atoms with Gasteiger partial charge in [0, 0.05) is 20.1 Å². The molecule has 0 saturated heterocycles. The second-order valence-electron chi connectivity index (χ2n) is 3.78. The van der Waals surface area contributed by atoms with Crippen molar-refractivity contribution in [1.82, 2.24) is 14.3 Å². The quantitative estimate of drug-likeness (QED) is 0.558. The molecule has 0 saturated carbocycles. The SMILES string of the molecule is CCCCN(C)S(=O)(=O)NCCCNCC. The van der Waals surface area contributed by atoms with Gasteiger partial charge in [-0.1, -0.05) is 20.3 Å². The average molecular weight is 251 g/mol. The molecule has 0 bridgehead atoms. The molecule has 0 heterocycles. The number of unbranched alkanes of at least 4 members (excludes halogenated alkanes) is 1. The van der Waals surface area contributed by atoms with Gasteiger partial charge in [0.25, 0.3) is 10.2 Å². The van der Waals surface area contributed by atoms with Gasteiger partial charge in [-0.2, -0.15) is 12.7 Å². The predicted octanol–water partition coefficient (Wildman–Crippen LogP) is 0.552. The molecule has 6 heteroatoms. The molecular weight excluding hydrogens is 226 g/mol. The maximum Gasteiger partial charge on any atom is 0.279 e. The van der Waals surface area contributed by atoms with Crippen molar-refractivity contribution in [2.45, 2.75) is 33.1 Å². The molecule has 5 nitrogen and oxygen atoms in total. The number of rotatable bonds is 10. The van der Waals surface area contributed by atoms with Crippen molar-refractivity contribution in [2.75, 3.05) is 33.2 Å². The van der Waals surface area contributed by atoms with Gasteiger partial charge in [-0.25, -0.2) is 4.72 Å². The van der Waals surface area contributed by atoms with E-state index in [0.717, 1.165) is 32.4 Å². The van der Waals surface area contributed by atoms with Crippen LogP contribution in [-0.2, 0) is 10.2 Å². The molecule has 0 unspecified atom stereocenters. The minimum Gasteiger partial charge on any atom is -0.317 e. The monoisotopic (exact) mass is 251 g/mol. The van der Waals surface area contributed by atoms with Crippen LogP contribution in [0.3, 0.4) is 0 Å². The Labute approximate surface area is 99.8 Å². The smallest absolute Gasteiger partial charge is 0.279 e. The highest BCUT2D eigenvalue weighted by atomic mass is 32.2. The fraction of sp³-hybridized carbons (Fsp3) is 1.00. The highest BCUT2D eigenvalue weighted by Crippen LogP contribution is 1.97. The third-order valence-corrected chi connectivity index (χ3v) is 3.87. The van der Waals surface area contributed by atoms with E-state index in [2.05, 4.69) is 10.0 Å². The Kier molecular flexibility index (Phi) is 8.83. The van der Waals surface area contributed by atoms with E-state index in [4.69, 9.17) is 0 Å². The van der Waals surface area contributed by atoms with Crippen molar-refractivity contribution < 1.29 is 8.42 Å². The Balaban J connectivity index is 3.77. The van der Waals surface area contributed by atoms with Gasteiger partial charge in [-0.05, 0) is 25.9 Å². The van der Waals surface area contributed by atoms with E-state index in [0.29, 0.717) is 13.1 Å². The second kappa shape index (κ2) is 8.92. The minimum absolute atomic E-state index is 0.492. The van der Waals surface area contributed by atoms with E-state index in [1.54, 1.807) is 7.05 Å². The Hall–Kier alpha value is -0.170. The summed E-state index contributed by atoms with van der Waals surface area (Å²) in [6.07, 6.45) is 2.71. The summed E-state index contributed by atoms with van der Waals surface area (Å²) < 4.78 is 27.3. The Morgan fingerprint density at radius 1 is 1.12 bits per heavy atom. The number of hydrogen-bond donors (Lipinski definition) is 2. The lowest BCUT2D eigenvalue weighted by Crippen LogP contribution is -2.39. The first-order valence-electron chi connectivity index (χ1n) is 5.96. The zero-order valence-corrected chi connectivity index (χ0v) is 11.4. The first-order valence-corrected chi connectivity index (χ1v) is 7.40. The maximum atomic E-state index is 11.7. The summed E-state index contributed by atoms with van der Waals surface area (Å²) in [5.74, 6) is 0. The summed E-state index contributed by atoms with van der Waals surface area (Å²) in [5, 5.41) is 3.15. The maximum absolute atomic E-state index is 11.7. The average Bonchev–Trinajstić information content (AvgIpc) is 2.25. The molecule has 16 heavy (non-hydrogen) atoms. The Morgan fingerprint density at radius 2 is 1.81 bits per heavy atom. The molecule has 2 N–H and O–H groups in total. The van der Waals surface area contributed by atoms with Gasteiger partial charge in [0.15, 0.2) is 0 Å². The molecule has 0 fully saturated rings. The number of hydrogen-bond acceptors (Lipinski definition) is 3. The van der Waals surface area contributed by atoms with Crippen molar-refractivity contribution in [1.29, 1.82) is 0 Å². The van der Waals surface area contributed by atoms with Gasteiger partial charge in [0.2, 0.25) is 0 Å². The summed E-state index contributed by atoms with van der Waals surface area (Å²) >= 11 is 0. The zero-order valence-electron chi connectivity index (χ0n) is 10.6. The van der Waals surface area contributed by atoms with Gasteiger partial charge in [-0.15, -0.1) is 0 Å². The van der Waals surface area contributed by atoms with Crippen LogP contribution in [0.25, 0.3) is 0 Å². The molecule has 0 spiro atoms. The van der Waals surface area contributed by atoms with Gasteiger partial charge >= 0.3 is 0 Å². The van der Waals surface area contributed by atoms with Gasteiger partial charge in [0.05, 0.1) is 0 Å². The molecule has 98 valence electrons. The molecule has 0 amide bonds. The van der Waals surface area contributed by atoms with Crippen molar-refractivity contribution in [3.05, 3.63) is 0 Å². The summed E-state index contributed by atoms with van der Waals surface area (Å²) in [6.45, 7) is 6.92. The second-order valence-corrected chi connectivity index (χ2v) is 5.64. The van der Waals surface area contributed by atoms with E-state index >= 15 is 0 Å². The molecule has 0 aliphatic carbocycles. The molecule has 0 radical (unpaired) electrons. The van der Waals surface area contributed by atoms with Gasteiger partial charge in [-0.3, -0.25) is 0 Å². The van der Waals surface area contributed by atoms with Crippen molar-refractivity contribution >= 4 is 10.2 Å². The largest absolute Gasteiger partial charge is 0.317 e. The topological polar surface area (TPSA) is 61.4 Å². The van der Waals surface area contributed by atoms with Crippen LogP contribution in [-0.4, -0.2) is 45.9 Å². The van der Waals surface area contributed by atoms with Crippen LogP contribution in [0.15, 0.2) is 0 Å². The highest BCUT2D eigenvalue weighted by Gasteiger charge is 2.15. The minimum atomic E-state index is -3.26. The summed E-state index contributed by atoms with van der Waals surface area (Å²) in [5.41, 5.74) is 0. The fourth-order valence-electron chi connectivity index (χ4n) is 1.20. The lowest BCUT2D eigenvalue weighted by molar-refractivity contribution is 0.448. The summed E-state index contributed by atoms with van der Waals surface area (Å²) in [7, 11) is -1.65. The van der Waals surface area contributed by atoms with Crippen LogP contribution < -0.4 is 10.0 Å². The normalized spacial score (nSPS) is 12.2. The van der Waals surface area contributed by atoms with E-state index in [9.17, 15) is 8.42 Å². The van der Waals surface area contributed by atoms with E-state index in [-0.39, 0.29) is 0 Å². The van der Waals surface area contributed by atoms with Gasteiger partial charge < -0.3 is 5.32 Å². The lowest BCUT2D eigenvalue weighted by Gasteiger charge is -2.17. The fourth-order valence-corrected chi connectivity index (χ4v) is 2.19. The van der Waals surface area contributed by atoms with E-state index < -0.39 is 10.2 Å². The summed E-state index contributed by atoms with van der Waals surface area (Å²) in [6, 6.07) is 0. The molecule has 0 aliphatic rings. The molecule has 0 aromatic heterocycles. The Morgan fingerprint density at radius 3 is 2.38 bits per heavy atom. The highest BCUT2D eigenvalue weighted by molar-refractivity contribution is 7.87. The lowest BCUT2D eigenvalue weighted by atomic mass is 10.3. The molecule has 0 aromatic rings. The zero-order chi connectivity index (χ0) is 12.4. The summed E-state index contributed by atoms with van der Waals surface area (Å²) in [4.78, 5) is 0. The van der Waals surface area contributed by atoms with Crippen LogP contribution in [0, 0.1) is 0 Å². The molecular formula is C10H25N3O2S. The molecule has 0 rings (SSSR count). The number of nitrogens with zero attached hydrogens (tertiary/aromatic N) is 1. The van der Waals surface area contributed by atoms with Crippen LogP contribution in [0.4, 0.5) is 0 Å². The van der Waals surface area contributed by atoms with Crippen molar-refractivity contribution in [3.63, 3.8) is 0 Å². The number of nitrogens with one attached hydrogen (secondary N) is 2. The van der Waals surface area contributed by atoms with Gasteiger partial charge in [0.1, 0.15) is 0 Å². The molecule has 0 atom stereocenters. The molecule has 0 aromatic carbocycles. The van der Waals surface area contributed by atoms with E-state index in [1.807, 2.05) is 13.8 Å². The first kappa shape index (κ1) is 15.8. The standard InChI is InChI=1S/C10H25N3O2S/c1-4-6-10-13(3)16(14,15)12-9-7-8-11-5-2/h11-12H,4-10H2,1-3H3. The first-order chi connectivity index (χ1) is 7.54. The van der Waals surface area contributed by atoms with Crippen LogP contribution in [0.2, 0.25) is 0 Å². The van der Waals surface area contributed by atoms with Crippen LogP contribution in [0.5, 0.6) is 0 Å². The van der Waals surface area contributed by atoms with E-state index in [1.165, 1.54) is 4.31 Å².